The lowest BCUT2D eigenvalue weighted by Crippen LogP contribution is -2.20. The van der Waals surface area contributed by atoms with Crippen LogP contribution < -0.4 is 10.3 Å². The lowest BCUT2D eigenvalue weighted by Gasteiger charge is -2.10. The van der Waals surface area contributed by atoms with Crippen LogP contribution in [0.4, 0.5) is 0 Å². The molecule has 0 aliphatic rings. The van der Waals surface area contributed by atoms with Gasteiger partial charge < -0.3 is 9.30 Å². The first-order valence-electron chi connectivity index (χ1n) is 7.94. The summed E-state index contributed by atoms with van der Waals surface area (Å²) in [6.45, 7) is 0. The van der Waals surface area contributed by atoms with Crippen LogP contribution in [0.3, 0.4) is 0 Å². The van der Waals surface area contributed by atoms with Crippen LogP contribution in [0.15, 0.2) is 53.3 Å². The second-order valence-electron chi connectivity index (χ2n) is 6.08. The Balaban J connectivity index is 2.11. The Bertz CT molecular complexity index is 1190. The largest absolute Gasteiger partial charge is 0.497 e. The monoisotopic (exact) mass is 352 g/mol. The van der Waals surface area contributed by atoms with Crippen molar-refractivity contribution in [2.45, 2.75) is 0 Å². The lowest BCUT2D eigenvalue weighted by molar-refractivity contribution is 0.415. The minimum atomic E-state index is -0.0783. The third-order valence-electron chi connectivity index (χ3n) is 4.72. The van der Waals surface area contributed by atoms with Crippen LogP contribution in [0.5, 0.6) is 5.75 Å². The van der Waals surface area contributed by atoms with Crippen molar-refractivity contribution in [2.75, 3.05) is 7.11 Å². The maximum atomic E-state index is 13.0. The number of benzene rings is 2. The standard InChI is InChI=1S/C20H17ClN2O2/c1-22-18-7-5-4-6-14(18)15-11-16(20(24)23(2)19(15)22)13-9-8-12(25-3)10-17(13)21/h4-11H,1-3H3. The number of hydrogen-bond donors (Lipinski definition) is 0. The first kappa shape index (κ1) is 15.8. The molecule has 0 aliphatic heterocycles. The molecule has 0 fully saturated rings. The van der Waals surface area contributed by atoms with E-state index in [4.69, 9.17) is 16.3 Å². The van der Waals surface area contributed by atoms with Gasteiger partial charge in [0.05, 0.1) is 17.6 Å². The third kappa shape index (κ3) is 2.25. The Morgan fingerprint density at radius 3 is 2.40 bits per heavy atom. The number of aryl methyl sites for hydroxylation is 2. The molecule has 126 valence electrons. The van der Waals surface area contributed by atoms with E-state index in [1.165, 1.54) is 0 Å². The normalized spacial score (nSPS) is 11.4. The molecular formula is C20H17ClN2O2. The number of halogens is 1. The van der Waals surface area contributed by atoms with Gasteiger partial charge in [0.25, 0.3) is 5.56 Å². The van der Waals surface area contributed by atoms with Gasteiger partial charge in [0.1, 0.15) is 11.4 Å². The molecule has 0 bridgehead atoms. The van der Waals surface area contributed by atoms with Crippen LogP contribution in [-0.4, -0.2) is 16.2 Å². The number of para-hydroxylation sites is 1. The summed E-state index contributed by atoms with van der Waals surface area (Å²) in [6.07, 6.45) is 0. The van der Waals surface area contributed by atoms with Crippen LogP contribution in [-0.2, 0) is 14.1 Å². The molecule has 0 atom stereocenters. The van der Waals surface area contributed by atoms with E-state index in [0.717, 1.165) is 21.9 Å². The quantitative estimate of drug-likeness (QED) is 0.537. The molecule has 0 radical (unpaired) electrons. The summed E-state index contributed by atoms with van der Waals surface area (Å²) >= 11 is 6.41. The van der Waals surface area contributed by atoms with E-state index in [0.29, 0.717) is 21.9 Å². The van der Waals surface area contributed by atoms with E-state index >= 15 is 0 Å². The van der Waals surface area contributed by atoms with Gasteiger partial charge in [-0.3, -0.25) is 9.36 Å². The number of fused-ring (bicyclic) bond motifs is 3. The highest BCUT2D eigenvalue weighted by Gasteiger charge is 2.17. The average Bonchev–Trinajstić information content (AvgIpc) is 2.91. The number of rotatable bonds is 2. The van der Waals surface area contributed by atoms with E-state index in [1.54, 1.807) is 24.8 Å². The van der Waals surface area contributed by atoms with E-state index in [2.05, 4.69) is 12.1 Å². The van der Waals surface area contributed by atoms with Crippen molar-refractivity contribution < 1.29 is 4.74 Å². The van der Waals surface area contributed by atoms with Gasteiger partial charge in [0.15, 0.2) is 0 Å². The number of ether oxygens (including phenoxy) is 1. The van der Waals surface area contributed by atoms with Crippen molar-refractivity contribution in [3.8, 4) is 16.9 Å². The number of pyridine rings is 1. The Kier molecular flexibility index (Phi) is 3.58. The summed E-state index contributed by atoms with van der Waals surface area (Å²) < 4.78 is 8.93. The average molecular weight is 353 g/mol. The minimum absolute atomic E-state index is 0.0783. The molecule has 4 rings (SSSR count). The Morgan fingerprint density at radius 1 is 0.920 bits per heavy atom. The van der Waals surface area contributed by atoms with Gasteiger partial charge >= 0.3 is 0 Å². The highest BCUT2D eigenvalue weighted by molar-refractivity contribution is 6.33. The number of aromatic nitrogens is 2. The molecule has 5 heteroatoms. The molecule has 4 aromatic rings. The molecule has 25 heavy (non-hydrogen) atoms. The highest BCUT2D eigenvalue weighted by atomic mass is 35.5. The topological polar surface area (TPSA) is 36.2 Å². The van der Waals surface area contributed by atoms with E-state index in [1.807, 2.05) is 41.9 Å². The van der Waals surface area contributed by atoms with Gasteiger partial charge in [0, 0.05) is 36.0 Å². The highest BCUT2D eigenvalue weighted by Crippen LogP contribution is 2.33. The fourth-order valence-electron chi connectivity index (χ4n) is 3.47. The summed E-state index contributed by atoms with van der Waals surface area (Å²) in [4.78, 5) is 13.0. The zero-order chi connectivity index (χ0) is 17.7. The molecular weight excluding hydrogens is 336 g/mol. The van der Waals surface area contributed by atoms with Crippen molar-refractivity contribution in [1.82, 2.24) is 9.13 Å². The summed E-state index contributed by atoms with van der Waals surface area (Å²) in [7, 11) is 5.36. The van der Waals surface area contributed by atoms with Crippen LogP contribution in [0.2, 0.25) is 5.02 Å². The summed E-state index contributed by atoms with van der Waals surface area (Å²) in [6, 6.07) is 15.4. The second-order valence-corrected chi connectivity index (χ2v) is 6.49. The first-order chi connectivity index (χ1) is 12.0. The van der Waals surface area contributed by atoms with Gasteiger partial charge in [-0.05, 0) is 30.3 Å². The third-order valence-corrected chi connectivity index (χ3v) is 5.03. The van der Waals surface area contributed by atoms with Gasteiger partial charge in [-0.25, -0.2) is 0 Å². The van der Waals surface area contributed by atoms with Crippen molar-refractivity contribution in [1.29, 1.82) is 0 Å². The minimum Gasteiger partial charge on any atom is -0.497 e. The number of methoxy groups -OCH3 is 1. The van der Waals surface area contributed by atoms with Gasteiger partial charge in [0.2, 0.25) is 0 Å². The lowest BCUT2D eigenvalue weighted by atomic mass is 10.0. The summed E-state index contributed by atoms with van der Waals surface area (Å²) in [5.41, 5.74) is 3.19. The van der Waals surface area contributed by atoms with Crippen LogP contribution in [0.1, 0.15) is 0 Å². The molecule has 0 aliphatic carbocycles. The first-order valence-corrected chi connectivity index (χ1v) is 8.32. The van der Waals surface area contributed by atoms with E-state index < -0.39 is 0 Å². The zero-order valence-electron chi connectivity index (χ0n) is 14.2. The fourth-order valence-corrected chi connectivity index (χ4v) is 3.75. The Morgan fingerprint density at radius 2 is 1.68 bits per heavy atom. The summed E-state index contributed by atoms with van der Waals surface area (Å²) in [5.74, 6) is 0.664. The number of nitrogens with zero attached hydrogens (tertiary/aromatic N) is 2. The molecule has 0 N–H and O–H groups in total. The van der Waals surface area contributed by atoms with Crippen molar-refractivity contribution >= 4 is 33.5 Å². The summed E-state index contributed by atoms with van der Waals surface area (Å²) in [5, 5.41) is 2.64. The smallest absolute Gasteiger partial charge is 0.259 e. The Labute approximate surface area is 149 Å². The van der Waals surface area contributed by atoms with Crippen LogP contribution >= 0.6 is 11.6 Å². The molecule has 0 amide bonds. The Hall–Kier alpha value is -2.72. The molecule has 2 heterocycles. The SMILES string of the molecule is COc1ccc(-c2cc3c4ccccc4n(C)c3n(C)c2=O)c(Cl)c1. The van der Waals surface area contributed by atoms with Crippen LogP contribution in [0, 0.1) is 0 Å². The van der Waals surface area contributed by atoms with Crippen LogP contribution in [0.25, 0.3) is 33.1 Å². The molecule has 0 unspecified atom stereocenters. The molecule has 0 spiro atoms. The van der Waals surface area contributed by atoms with Crippen molar-refractivity contribution in [2.24, 2.45) is 14.1 Å². The maximum absolute atomic E-state index is 13.0. The molecule has 2 aromatic carbocycles. The van der Waals surface area contributed by atoms with Crippen molar-refractivity contribution in [3.63, 3.8) is 0 Å². The zero-order valence-corrected chi connectivity index (χ0v) is 15.0. The second kappa shape index (κ2) is 5.67. The molecule has 0 saturated heterocycles. The van der Waals surface area contributed by atoms with Gasteiger partial charge in [-0.15, -0.1) is 0 Å². The molecule has 4 nitrogen and oxygen atoms in total. The van der Waals surface area contributed by atoms with Crippen molar-refractivity contribution in [3.05, 3.63) is 63.9 Å². The molecule has 0 saturated carbocycles. The molecule has 2 aromatic heterocycles. The maximum Gasteiger partial charge on any atom is 0.259 e. The van der Waals surface area contributed by atoms with E-state index in [9.17, 15) is 4.79 Å². The predicted molar refractivity (Wildman–Crippen MR) is 103 cm³/mol. The number of hydrogen-bond acceptors (Lipinski definition) is 2. The van der Waals surface area contributed by atoms with Gasteiger partial charge in [-0.1, -0.05) is 29.8 Å². The van der Waals surface area contributed by atoms with Gasteiger partial charge in [-0.2, -0.15) is 0 Å². The predicted octanol–water partition coefficient (Wildman–Crippen LogP) is 4.36. The van der Waals surface area contributed by atoms with E-state index in [-0.39, 0.29) is 5.56 Å². The fraction of sp³-hybridized carbons (Fsp3) is 0.150.